The standard InChI is InChI=1S/C20H23N3O2S/c1-14-4-9-16(10-5-14)19(25)22-20(26)21-17-11-6-15(7-12-17)8-13-18(24)23(2)3/h4-7,9-12H,8,13H2,1-3H3,(H2,21,22,25,26). The first kappa shape index (κ1) is 19.6. The number of hydrogen-bond donors (Lipinski definition) is 2. The van der Waals surface area contributed by atoms with Crippen LogP contribution in [0.2, 0.25) is 0 Å². The van der Waals surface area contributed by atoms with Gasteiger partial charge in [0.2, 0.25) is 5.91 Å². The minimum atomic E-state index is -0.249. The fourth-order valence-corrected chi connectivity index (χ4v) is 2.48. The van der Waals surface area contributed by atoms with E-state index in [4.69, 9.17) is 12.2 Å². The van der Waals surface area contributed by atoms with Gasteiger partial charge < -0.3 is 10.2 Å². The van der Waals surface area contributed by atoms with Crippen molar-refractivity contribution in [3.63, 3.8) is 0 Å². The van der Waals surface area contributed by atoms with Crippen LogP contribution in [0.25, 0.3) is 0 Å². The molecule has 0 unspecified atom stereocenters. The third-order valence-electron chi connectivity index (χ3n) is 3.88. The lowest BCUT2D eigenvalue weighted by molar-refractivity contribution is -0.128. The molecule has 0 heterocycles. The third-order valence-corrected chi connectivity index (χ3v) is 4.08. The molecule has 0 aromatic heterocycles. The normalized spacial score (nSPS) is 10.1. The van der Waals surface area contributed by atoms with Crippen LogP contribution in [0.1, 0.15) is 27.9 Å². The molecule has 0 saturated heterocycles. The molecule has 0 aliphatic heterocycles. The number of thiocarbonyl (C=S) groups is 1. The first-order valence-electron chi connectivity index (χ1n) is 8.33. The van der Waals surface area contributed by atoms with Crippen LogP contribution in [0, 0.1) is 6.92 Å². The van der Waals surface area contributed by atoms with E-state index in [9.17, 15) is 9.59 Å². The molecule has 0 spiro atoms. The van der Waals surface area contributed by atoms with Gasteiger partial charge >= 0.3 is 0 Å². The number of hydrogen-bond acceptors (Lipinski definition) is 3. The third kappa shape index (κ3) is 5.97. The SMILES string of the molecule is Cc1ccc(C(=O)NC(=S)Nc2ccc(CCC(=O)N(C)C)cc2)cc1. The summed E-state index contributed by atoms with van der Waals surface area (Å²) in [7, 11) is 3.50. The number of rotatable bonds is 5. The van der Waals surface area contributed by atoms with Gasteiger partial charge in [-0.3, -0.25) is 14.9 Å². The van der Waals surface area contributed by atoms with Gasteiger partial charge in [0.1, 0.15) is 0 Å². The van der Waals surface area contributed by atoms with Crippen molar-refractivity contribution in [1.82, 2.24) is 10.2 Å². The van der Waals surface area contributed by atoms with Crippen molar-refractivity contribution in [2.24, 2.45) is 0 Å². The molecule has 26 heavy (non-hydrogen) atoms. The lowest BCUT2D eigenvalue weighted by atomic mass is 10.1. The summed E-state index contributed by atoms with van der Waals surface area (Å²) < 4.78 is 0. The largest absolute Gasteiger partial charge is 0.349 e. The van der Waals surface area contributed by atoms with Crippen LogP contribution < -0.4 is 10.6 Å². The topological polar surface area (TPSA) is 61.4 Å². The van der Waals surface area contributed by atoms with Gasteiger partial charge in [0.05, 0.1) is 0 Å². The van der Waals surface area contributed by atoms with E-state index in [1.165, 1.54) is 0 Å². The highest BCUT2D eigenvalue weighted by Gasteiger charge is 2.08. The lowest BCUT2D eigenvalue weighted by Crippen LogP contribution is -2.34. The summed E-state index contributed by atoms with van der Waals surface area (Å²) in [6, 6.07) is 14.9. The number of amides is 2. The summed E-state index contributed by atoms with van der Waals surface area (Å²) in [5, 5.41) is 5.89. The fraction of sp³-hybridized carbons (Fsp3) is 0.250. The molecular weight excluding hydrogens is 346 g/mol. The lowest BCUT2D eigenvalue weighted by Gasteiger charge is -2.11. The zero-order chi connectivity index (χ0) is 19.1. The van der Waals surface area contributed by atoms with Gasteiger partial charge in [0, 0.05) is 31.8 Å². The Bertz CT molecular complexity index is 784. The van der Waals surface area contributed by atoms with E-state index in [-0.39, 0.29) is 16.9 Å². The number of carbonyl (C=O) groups is 2. The van der Waals surface area contributed by atoms with Crippen LogP contribution in [0.3, 0.4) is 0 Å². The van der Waals surface area contributed by atoms with Gasteiger partial charge in [-0.15, -0.1) is 0 Å². The Kier molecular flexibility index (Phi) is 6.86. The molecule has 2 amide bonds. The second-order valence-electron chi connectivity index (χ2n) is 6.26. The number of nitrogens with zero attached hydrogens (tertiary/aromatic N) is 1. The van der Waals surface area contributed by atoms with E-state index >= 15 is 0 Å². The van der Waals surface area contributed by atoms with Crippen molar-refractivity contribution >= 4 is 34.8 Å². The molecule has 0 saturated carbocycles. The Morgan fingerprint density at radius 3 is 2.19 bits per heavy atom. The van der Waals surface area contributed by atoms with E-state index in [0.717, 1.165) is 16.8 Å². The Hall–Kier alpha value is -2.73. The zero-order valence-corrected chi connectivity index (χ0v) is 16.0. The number of anilines is 1. The summed E-state index contributed by atoms with van der Waals surface area (Å²) in [5.41, 5.74) is 3.50. The summed E-state index contributed by atoms with van der Waals surface area (Å²) in [5.74, 6) is -0.145. The maximum atomic E-state index is 12.1. The van der Waals surface area contributed by atoms with E-state index in [2.05, 4.69) is 10.6 Å². The van der Waals surface area contributed by atoms with Gasteiger partial charge in [-0.05, 0) is 55.4 Å². The van der Waals surface area contributed by atoms with Gasteiger partial charge in [-0.25, -0.2) is 0 Å². The Morgan fingerprint density at radius 1 is 1.00 bits per heavy atom. The maximum Gasteiger partial charge on any atom is 0.257 e. The van der Waals surface area contributed by atoms with E-state index < -0.39 is 0 Å². The van der Waals surface area contributed by atoms with Crippen molar-refractivity contribution in [2.45, 2.75) is 19.8 Å². The molecule has 6 heteroatoms. The number of benzene rings is 2. The number of carbonyl (C=O) groups excluding carboxylic acids is 2. The van der Waals surface area contributed by atoms with Crippen LogP contribution in [0.15, 0.2) is 48.5 Å². The molecule has 136 valence electrons. The molecule has 2 rings (SSSR count). The Balaban J connectivity index is 1.86. The highest BCUT2D eigenvalue weighted by atomic mass is 32.1. The van der Waals surface area contributed by atoms with Gasteiger partial charge in [-0.1, -0.05) is 29.8 Å². The van der Waals surface area contributed by atoms with Gasteiger partial charge in [0.15, 0.2) is 5.11 Å². The number of aryl methyl sites for hydroxylation is 2. The first-order valence-corrected chi connectivity index (χ1v) is 8.74. The molecule has 2 aromatic carbocycles. The Labute approximate surface area is 159 Å². The smallest absolute Gasteiger partial charge is 0.257 e. The monoisotopic (exact) mass is 369 g/mol. The van der Waals surface area contributed by atoms with E-state index in [0.29, 0.717) is 18.4 Å². The molecule has 2 N–H and O–H groups in total. The highest BCUT2D eigenvalue weighted by molar-refractivity contribution is 7.80. The van der Waals surface area contributed by atoms with Crippen LogP contribution in [0.5, 0.6) is 0 Å². The number of nitrogens with one attached hydrogen (secondary N) is 2. The quantitative estimate of drug-likeness (QED) is 0.795. The van der Waals surface area contributed by atoms with E-state index in [1.54, 1.807) is 31.1 Å². The average Bonchev–Trinajstić information content (AvgIpc) is 2.61. The molecule has 0 atom stereocenters. The predicted molar refractivity (Wildman–Crippen MR) is 108 cm³/mol. The summed E-state index contributed by atoms with van der Waals surface area (Å²) in [6.45, 7) is 1.97. The van der Waals surface area contributed by atoms with Crippen LogP contribution >= 0.6 is 12.2 Å². The summed E-state index contributed by atoms with van der Waals surface area (Å²) in [4.78, 5) is 25.4. The average molecular weight is 369 g/mol. The van der Waals surface area contributed by atoms with Gasteiger partial charge in [0.25, 0.3) is 5.91 Å². The second-order valence-corrected chi connectivity index (χ2v) is 6.67. The molecular formula is C20H23N3O2S. The second kappa shape index (κ2) is 9.10. The minimum Gasteiger partial charge on any atom is -0.349 e. The van der Waals surface area contributed by atoms with E-state index in [1.807, 2.05) is 43.3 Å². The van der Waals surface area contributed by atoms with Crippen molar-refractivity contribution in [1.29, 1.82) is 0 Å². The fourth-order valence-electron chi connectivity index (χ4n) is 2.27. The molecule has 0 radical (unpaired) electrons. The summed E-state index contributed by atoms with van der Waals surface area (Å²) >= 11 is 5.19. The van der Waals surface area contributed by atoms with Crippen molar-refractivity contribution in [3.8, 4) is 0 Å². The molecule has 0 bridgehead atoms. The van der Waals surface area contributed by atoms with Crippen LogP contribution in [-0.2, 0) is 11.2 Å². The summed E-state index contributed by atoms with van der Waals surface area (Å²) in [6.07, 6.45) is 1.16. The highest BCUT2D eigenvalue weighted by Crippen LogP contribution is 2.12. The molecule has 5 nitrogen and oxygen atoms in total. The van der Waals surface area contributed by atoms with Crippen LogP contribution in [0.4, 0.5) is 5.69 Å². The molecule has 0 aliphatic rings. The Morgan fingerprint density at radius 2 is 1.62 bits per heavy atom. The van der Waals surface area contributed by atoms with Crippen molar-refractivity contribution < 1.29 is 9.59 Å². The molecule has 2 aromatic rings. The molecule has 0 fully saturated rings. The maximum absolute atomic E-state index is 12.1. The zero-order valence-electron chi connectivity index (χ0n) is 15.2. The first-order chi connectivity index (χ1) is 12.3. The van der Waals surface area contributed by atoms with Crippen LogP contribution in [-0.4, -0.2) is 35.9 Å². The van der Waals surface area contributed by atoms with Crippen molar-refractivity contribution in [3.05, 3.63) is 65.2 Å². The predicted octanol–water partition coefficient (Wildman–Crippen LogP) is 3.14. The molecule has 0 aliphatic carbocycles. The van der Waals surface area contributed by atoms with Gasteiger partial charge in [-0.2, -0.15) is 0 Å². The minimum absolute atomic E-state index is 0.104. The van der Waals surface area contributed by atoms with Crippen molar-refractivity contribution in [2.75, 3.05) is 19.4 Å².